The van der Waals surface area contributed by atoms with E-state index in [1.165, 1.54) is 15.3 Å². The van der Waals surface area contributed by atoms with Crippen molar-refractivity contribution in [1.82, 2.24) is 19.3 Å². The molecule has 0 bridgehead atoms. The van der Waals surface area contributed by atoms with Crippen LogP contribution in [0.25, 0.3) is 16.5 Å². The van der Waals surface area contributed by atoms with Gasteiger partial charge in [0.15, 0.2) is 11.9 Å². The SMILES string of the molecule is CCn1c(COCc2ccccc2)nn(-c2cc(O[C@@H](C)C(F)(F)F)c3c(O[C@@H]4CCCC[C@H]4C)nccc3c2)c1=O. The van der Waals surface area contributed by atoms with Gasteiger partial charge in [-0.2, -0.15) is 17.9 Å². The molecular formula is C31H35F3N4O4. The Labute approximate surface area is 242 Å². The van der Waals surface area contributed by atoms with Gasteiger partial charge in [0.2, 0.25) is 5.88 Å². The molecule has 5 rings (SSSR count). The predicted molar refractivity (Wildman–Crippen MR) is 152 cm³/mol. The summed E-state index contributed by atoms with van der Waals surface area (Å²) < 4.78 is 61.2. The Kier molecular flexibility index (Phi) is 8.86. The minimum atomic E-state index is -4.60. The van der Waals surface area contributed by atoms with Crippen LogP contribution in [0.4, 0.5) is 13.2 Å². The smallest absolute Gasteiger partial charge is 0.425 e. The number of hydrogen-bond acceptors (Lipinski definition) is 6. The van der Waals surface area contributed by atoms with Crippen LogP contribution >= 0.6 is 0 Å². The second kappa shape index (κ2) is 12.6. The normalized spacial score (nSPS) is 18.2. The number of alkyl halides is 3. The molecule has 0 N–H and O–H groups in total. The summed E-state index contributed by atoms with van der Waals surface area (Å²) in [7, 11) is 0. The second-order valence-corrected chi connectivity index (χ2v) is 10.7. The van der Waals surface area contributed by atoms with Crippen molar-refractivity contribution in [2.45, 2.75) is 84.6 Å². The maximum Gasteiger partial charge on any atom is 0.425 e. The van der Waals surface area contributed by atoms with Gasteiger partial charge in [-0.25, -0.2) is 9.78 Å². The van der Waals surface area contributed by atoms with Gasteiger partial charge in [-0.3, -0.25) is 4.57 Å². The summed E-state index contributed by atoms with van der Waals surface area (Å²) in [6.45, 7) is 5.62. The van der Waals surface area contributed by atoms with Crippen molar-refractivity contribution in [2.24, 2.45) is 5.92 Å². The minimum Gasteiger partial charge on any atom is -0.480 e. The van der Waals surface area contributed by atoms with Crippen LogP contribution in [0.3, 0.4) is 0 Å². The number of hydrogen-bond donors (Lipinski definition) is 0. The van der Waals surface area contributed by atoms with Crippen LogP contribution in [-0.4, -0.2) is 37.7 Å². The first-order valence-electron chi connectivity index (χ1n) is 14.3. The molecule has 11 heteroatoms. The average molecular weight is 585 g/mol. The summed E-state index contributed by atoms with van der Waals surface area (Å²) >= 11 is 0. The van der Waals surface area contributed by atoms with E-state index in [1.807, 2.05) is 37.3 Å². The highest BCUT2D eigenvalue weighted by atomic mass is 19.4. The van der Waals surface area contributed by atoms with E-state index in [0.29, 0.717) is 29.7 Å². The standard InChI is InChI=1S/C31H35F3N4O4/c1-4-37-27(19-40-18-22-11-6-5-7-12-22)36-38(30(37)39)24-16-23-14-15-35-29(42-25-13-9-8-10-20(25)2)28(23)26(17-24)41-21(3)31(32,33)34/h5-7,11-12,14-17,20-21,25H,4,8-10,13,18-19H2,1-3H3/t20-,21+,25-/m1/s1. The largest absolute Gasteiger partial charge is 0.480 e. The maximum atomic E-state index is 13.6. The van der Waals surface area contributed by atoms with Crippen molar-refractivity contribution < 1.29 is 27.4 Å². The van der Waals surface area contributed by atoms with E-state index in [4.69, 9.17) is 14.2 Å². The highest BCUT2D eigenvalue weighted by Gasteiger charge is 2.39. The Bertz CT molecular complexity index is 1570. The van der Waals surface area contributed by atoms with E-state index in [0.717, 1.165) is 38.2 Å². The molecule has 2 heterocycles. The molecule has 0 radical (unpaired) electrons. The molecule has 2 aromatic heterocycles. The Morgan fingerprint density at radius 1 is 1.07 bits per heavy atom. The third kappa shape index (κ3) is 6.46. The van der Waals surface area contributed by atoms with Gasteiger partial charge in [0.25, 0.3) is 0 Å². The van der Waals surface area contributed by atoms with Crippen LogP contribution in [0.15, 0.2) is 59.5 Å². The zero-order valence-corrected chi connectivity index (χ0v) is 23.9. The van der Waals surface area contributed by atoms with Gasteiger partial charge >= 0.3 is 11.9 Å². The van der Waals surface area contributed by atoms with Crippen molar-refractivity contribution in [3.05, 3.63) is 76.6 Å². The van der Waals surface area contributed by atoms with E-state index >= 15 is 0 Å². The highest BCUT2D eigenvalue weighted by molar-refractivity contribution is 5.94. The van der Waals surface area contributed by atoms with Crippen LogP contribution in [0.1, 0.15) is 57.8 Å². The first kappa shape index (κ1) is 29.6. The van der Waals surface area contributed by atoms with Gasteiger partial charge in [-0.05, 0) is 62.1 Å². The van der Waals surface area contributed by atoms with E-state index in [1.54, 1.807) is 18.3 Å². The molecular weight excluding hydrogens is 549 g/mol. The molecule has 1 aliphatic rings. The fourth-order valence-electron chi connectivity index (χ4n) is 5.26. The van der Waals surface area contributed by atoms with Crippen molar-refractivity contribution in [3.63, 3.8) is 0 Å². The van der Waals surface area contributed by atoms with Crippen molar-refractivity contribution >= 4 is 10.8 Å². The summed E-state index contributed by atoms with van der Waals surface area (Å²) in [6, 6.07) is 14.4. The molecule has 0 spiro atoms. The fourth-order valence-corrected chi connectivity index (χ4v) is 5.26. The molecule has 0 aliphatic heterocycles. The summed E-state index contributed by atoms with van der Waals surface area (Å²) in [5.74, 6) is 0.810. The van der Waals surface area contributed by atoms with Crippen LogP contribution in [0.2, 0.25) is 0 Å². The van der Waals surface area contributed by atoms with E-state index in [9.17, 15) is 18.0 Å². The molecule has 4 aromatic rings. The minimum absolute atomic E-state index is 0.0779. The molecule has 0 unspecified atom stereocenters. The number of aromatic nitrogens is 4. The number of fused-ring (bicyclic) bond motifs is 1. The Hall–Kier alpha value is -3.86. The topological polar surface area (TPSA) is 80.4 Å². The van der Waals surface area contributed by atoms with Crippen molar-refractivity contribution in [1.29, 1.82) is 0 Å². The van der Waals surface area contributed by atoms with Crippen molar-refractivity contribution in [2.75, 3.05) is 0 Å². The lowest BCUT2D eigenvalue weighted by Crippen LogP contribution is -2.31. The fraction of sp³-hybridized carbons (Fsp3) is 0.452. The molecule has 0 saturated heterocycles. The summed E-state index contributed by atoms with van der Waals surface area (Å²) in [5.41, 5.74) is 0.801. The average Bonchev–Trinajstić information content (AvgIpc) is 3.29. The van der Waals surface area contributed by atoms with E-state index < -0.39 is 18.0 Å². The first-order chi connectivity index (χ1) is 20.2. The molecule has 8 nitrogen and oxygen atoms in total. The maximum absolute atomic E-state index is 13.6. The number of ether oxygens (including phenoxy) is 3. The van der Waals surface area contributed by atoms with Crippen LogP contribution in [0.5, 0.6) is 11.6 Å². The zero-order valence-electron chi connectivity index (χ0n) is 23.9. The summed E-state index contributed by atoms with van der Waals surface area (Å²) in [4.78, 5) is 17.8. The van der Waals surface area contributed by atoms with Crippen LogP contribution < -0.4 is 15.2 Å². The summed E-state index contributed by atoms with van der Waals surface area (Å²) in [6.07, 6.45) is -1.30. The zero-order chi connectivity index (χ0) is 29.9. The van der Waals surface area contributed by atoms with Gasteiger partial charge in [-0.15, -0.1) is 5.10 Å². The lowest BCUT2D eigenvalue weighted by Gasteiger charge is -2.29. The lowest BCUT2D eigenvalue weighted by atomic mass is 9.88. The third-order valence-corrected chi connectivity index (χ3v) is 7.68. The number of nitrogens with zero attached hydrogens (tertiary/aromatic N) is 4. The Balaban J connectivity index is 1.54. The van der Waals surface area contributed by atoms with Crippen LogP contribution in [0, 0.1) is 5.92 Å². The van der Waals surface area contributed by atoms with E-state index in [-0.39, 0.29) is 35.9 Å². The Morgan fingerprint density at radius 2 is 1.83 bits per heavy atom. The summed E-state index contributed by atoms with van der Waals surface area (Å²) in [5, 5.41) is 5.34. The monoisotopic (exact) mass is 584 g/mol. The molecule has 0 amide bonds. The van der Waals surface area contributed by atoms with Gasteiger partial charge in [0.1, 0.15) is 18.5 Å². The quantitative estimate of drug-likeness (QED) is 0.209. The molecule has 1 saturated carbocycles. The molecule has 3 atom stereocenters. The lowest BCUT2D eigenvalue weighted by molar-refractivity contribution is -0.189. The number of benzene rings is 2. The molecule has 1 aliphatic carbocycles. The number of halogens is 3. The van der Waals surface area contributed by atoms with Crippen molar-refractivity contribution in [3.8, 4) is 17.3 Å². The number of pyridine rings is 1. The molecule has 1 fully saturated rings. The van der Waals surface area contributed by atoms with Crippen LogP contribution in [-0.2, 0) is 24.5 Å². The van der Waals surface area contributed by atoms with Gasteiger partial charge < -0.3 is 14.2 Å². The van der Waals surface area contributed by atoms with Gasteiger partial charge in [0.05, 0.1) is 17.7 Å². The van der Waals surface area contributed by atoms with Gasteiger partial charge in [0, 0.05) is 18.8 Å². The number of rotatable bonds is 10. The molecule has 224 valence electrons. The predicted octanol–water partition coefficient (Wildman–Crippen LogP) is 6.61. The van der Waals surface area contributed by atoms with Gasteiger partial charge in [-0.1, -0.05) is 43.7 Å². The van der Waals surface area contributed by atoms with E-state index in [2.05, 4.69) is 17.0 Å². The first-order valence-corrected chi connectivity index (χ1v) is 14.3. The third-order valence-electron chi connectivity index (χ3n) is 7.68. The highest BCUT2D eigenvalue weighted by Crippen LogP contribution is 2.39. The second-order valence-electron chi connectivity index (χ2n) is 10.7. The molecule has 42 heavy (non-hydrogen) atoms. The Morgan fingerprint density at radius 3 is 2.55 bits per heavy atom. The molecule has 2 aromatic carbocycles.